The molecule has 2 heterocycles. The lowest BCUT2D eigenvalue weighted by atomic mass is 9.91. The number of alkyl halides is 3. The van der Waals surface area contributed by atoms with Crippen LogP contribution in [-0.4, -0.2) is 53.8 Å². The highest BCUT2D eigenvalue weighted by Gasteiger charge is 2.37. The van der Waals surface area contributed by atoms with Gasteiger partial charge in [-0.2, -0.15) is 0 Å². The molecule has 1 aliphatic heterocycles. The van der Waals surface area contributed by atoms with Gasteiger partial charge in [-0.3, -0.25) is 4.90 Å². The van der Waals surface area contributed by atoms with Gasteiger partial charge in [-0.1, -0.05) is 12.1 Å². The van der Waals surface area contributed by atoms with Crippen molar-refractivity contribution >= 4 is 16.9 Å². The van der Waals surface area contributed by atoms with Crippen molar-refractivity contribution in [3.8, 4) is 5.75 Å². The Labute approximate surface area is 195 Å². The summed E-state index contributed by atoms with van der Waals surface area (Å²) in [7, 11) is 1.50. The Kier molecular flexibility index (Phi) is 7.13. The number of aromatic nitrogens is 1. The van der Waals surface area contributed by atoms with E-state index in [1.807, 2.05) is 13.0 Å². The van der Waals surface area contributed by atoms with Crippen LogP contribution in [0.1, 0.15) is 52.2 Å². The van der Waals surface area contributed by atoms with Crippen molar-refractivity contribution in [3.05, 3.63) is 64.8 Å². The number of aryl methyl sites for hydroxylation is 1. The standard InChI is InChI=1S/C25H27F3N2O4/c1-14-11-20(33-2)22(18-7-9-29-23(14)18)24(28)30-10-8-17(34-13-21(26)27)12-19(30)15-3-5-16(6-4-15)25(31)32/h3-7,9,11,17,19,21,24,29H,8,10,12-13H2,1-2H3,(H,31,32)/t17-,19-,24?/m0/s1. The third kappa shape index (κ3) is 4.76. The number of H-pyrrole nitrogens is 1. The fourth-order valence-electron chi connectivity index (χ4n) is 4.74. The molecule has 182 valence electrons. The monoisotopic (exact) mass is 476 g/mol. The molecule has 3 aromatic rings. The van der Waals surface area contributed by atoms with E-state index in [0.717, 1.165) is 11.1 Å². The fraction of sp³-hybridized carbons (Fsp3) is 0.400. The van der Waals surface area contributed by atoms with E-state index in [9.17, 15) is 18.7 Å². The summed E-state index contributed by atoms with van der Waals surface area (Å²) in [6, 6.07) is 9.29. The smallest absolute Gasteiger partial charge is 0.335 e. The van der Waals surface area contributed by atoms with Crippen LogP contribution in [-0.2, 0) is 4.74 Å². The summed E-state index contributed by atoms with van der Waals surface area (Å²) in [6.45, 7) is 1.50. The van der Waals surface area contributed by atoms with E-state index < -0.39 is 37.4 Å². The van der Waals surface area contributed by atoms with Gasteiger partial charge in [0.1, 0.15) is 12.4 Å². The Hall–Kier alpha value is -3.04. The Morgan fingerprint density at radius 3 is 2.62 bits per heavy atom. The van der Waals surface area contributed by atoms with Gasteiger partial charge >= 0.3 is 5.97 Å². The minimum absolute atomic E-state index is 0.114. The molecule has 2 aromatic carbocycles. The first-order valence-corrected chi connectivity index (χ1v) is 11.1. The molecule has 3 atom stereocenters. The van der Waals surface area contributed by atoms with E-state index in [0.29, 0.717) is 35.1 Å². The topological polar surface area (TPSA) is 74.8 Å². The normalized spacial score (nSPS) is 20.1. The first-order chi connectivity index (χ1) is 16.3. The van der Waals surface area contributed by atoms with Crippen molar-refractivity contribution in [1.29, 1.82) is 0 Å². The SMILES string of the molecule is COc1cc(C)c2[nH]ccc2c1C(F)N1CC[C@H](OCC(F)F)C[C@H]1c1ccc(C(=O)O)cc1. The Balaban J connectivity index is 1.71. The average Bonchev–Trinajstić information content (AvgIpc) is 3.32. The number of likely N-dealkylation sites (tertiary alicyclic amines) is 1. The summed E-state index contributed by atoms with van der Waals surface area (Å²) in [5.41, 5.74) is 2.93. The van der Waals surface area contributed by atoms with E-state index in [-0.39, 0.29) is 12.1 Å². The number of benzene rings is 2. The zero-order valence-corrected chi connectivity index (χ0v) is 18.9. The van der Waals surface area contributed by atoms with Crippen LogP contribution in [0.15, 0.2) is 42.6 Å². The summed E-state index contributed by atoms with van der Waals surface area (Å²) in [5.74, 6) is -0.638. The third-order valence-electron chi connectivity index (χ3n) is 6.39. The number of rotatable bonds is 8. The minimum Gasteiger partial charge on any atom is -0.496 e. The highest BCUT2D eigenvalue weighted by Crippen LogP contribution is 2.44. The van der Waals surface area contributed by atoms with Gasteiger partial charge in [-0.25, -0.2) is 18.0 Å². The zero-order chi connectivity index (χ0) is 24.4. The number of carboxylic acid groups (broad SMARTS) is 1. The van der Waals surface area contributed by atoms with E-state index in [1.54, 1.807) is 29.3 Å². The number of methoxy groups -OCH3 is 1. The van der Waals surface area contributed by atoms with Crippen molar-refractivity contribution in [2.24, 2.45) is 0 Å². The number of halogens is 3. The molecular formula is C25H27F3N2O4. The molecule has 34 heavy (non-hydrogen) atoms. The van der Waals surface area contributed by atoms with Crippen LogP contribution in [0.25, 0.3) is 10.9 Å². The largest absolute Gasteiger partial charge is 0.496 e. The second-order valence-electron chi connectivity index (χ2n) is 8.46. The number of hydrogen-bond donors (Lipinski definition) is 2. The van der Waals surface area contributed by atoms with E-state index >= 15 is 4.39 Å². The van der Waals surface area contributed by atoms with Gasteiger partial charge in [0.05, 0.1) is 24.3 Å². The number of hydrogen-bond acceptors (Lipinski definition) is 4. The molecule has 1 aromatic heterocycles. The van der Waals surface area contributed by atoms with Gasteiger partial charge in [0.25, 0.3) is 6.43 Å². The molecule has 6 nitrogen and oxygen atoms in total. The molecular weight excluding hydrogens is 449 g/mol. The summed E-state index contributed by atoms with van der Waals surface area (Å²) >= 11 is 0. The minimum atomic E-state index is -2.58. The van der Waals surface area contributed by atoms with Crippen molar-refractivity contribution in [2.45, 2.75) is 44.6 Å². The van der Waals surface area contributed by atoms with E-state index in [1.165, 1.54) is 19.2 Å². The number of nitrogens with one attached hydrogen (secondary N) is 1. The zero-order valence-electron chi connectivity index (χ0n) is 18.9. The number of ether oxygens (including phenoxy) is 2. The van der Waals surface area contributed by atoms with Crippen molar-refractivity contribution < 1.29 is 32.5 Å². The molecule has 0 radical (unpaired) electrons. The number of aromatic amines is 1. The molecule has 1 saturated heterocycles. The van der Waals surface area contributed by atoms with E-state index in [2.05, 4.69) is 4.98 Å². The second kappa shape index (κ2) is 10.1. The Morgan fingerprint density at radius 1 is 1.24 bits per heavy atom. The summed E-state index contributed by atoms with van der Waals surface area (Å²) in [4.78, 5) is 16.1. The molecule has 1 fully saturated rings. The molecule has 2 N–H and O–H groups in total. The van der Waals surface area contributed by atoms with Crippen LogP contribution in [0, 0.1) is 6.92 Å². The lowest BCUT2D eigenvalue weighted by Crippen LogP contribution is -2.41. The molecule has 0 spiro atoms. The number of aromatic carboxylic acids is 1. The first kappa shape index (κ1) is 24.1. The summed E-state index contributed by atoms with van der Waals surface area (Å²) in [6.07, 6.45) is -2.16. The molecule has 0 aliphatic carbocycles. The maximum Gasteiger partial charge on any atom is 0.335 e. The number of fused-ring (bicyclic) bond motifs is 1. The molecule has 0 amide bonds. The van der Waals surface area contributed by atoms with Gasteiger partial charge in [-0.15, -0.1) is 0 Å². The predicted octanol–water partition coefficient (Wildman–Crippen LogP) is 5.64. The number of carboxylic acids is 1. The van der Waals surface area contributed by atoms with Gasteiger partial charge in [-0.05, 0) is 55.2 Å². The van der Waals surface area contributed by atoms with Crippen molar-refractivity contribution in [3.63, 3.8) is 0 Å². The summed E-state index contributed by atoms with van der Waals surface area (Å²) in [5, 5.41) is 9.93. The molecule has 0 saturated carbocycles. The quantitative estimate of drug-likeness (QED) is 0.412. The maximum absolute atomic E-state index is 16.4. The number of piperidine rings is 1. The van der Waals surface area contributed by atoms with Gasteiger partial charge in [0.15, 0.2) is 6.30 Å². The number of nitrogens with zero attached hydrogens (tertiary/aromatic N) is 1. The molecule has 1 unspecified atom stereocenters. The molecule has 1 aliphatic rings. The van der Waals surface area contributed by atoms with Crippen LogP contribution in [0.2, 0.25) is 0 Å². The van der Waals surface area contributed by atoms with Crippen molar-refractivity contribution in [2.75, 3.05) is 20.3 Å². The van der Waals surface area contributed by atoms with Crippen LogP contribution >= 0.6 is 0 Å². The highest BCUT2D eigenvalue weighted by atomic mass is 19.3. The van der Waals surface area contributed by atoms with Crippen LogP contribution in [0.3, 0.4) is 0 Å². The molecule has 9 heteroatoms. The van der Waals surface area contributed by atoms with Crippen LogP contribution < -0.4 is 4.74 Å². The van der Waals surface area contributed by atoms with Crippen LogP contribution in [0.4, 0.5) is 13.2 Å². The Bertz CT molecular complexity index is 1150. The molecule has 4 rings (SSSR count). The van der Waals surface area contributed by atoms with Gasteiger partial charge in [0.2, 0.25) is 0 Å². The summed E-state index contributed by atoms with van der Waals surface area (Å²) < 4.78 is 52.7. The average molecular weight is 476 g/mol. The lowest BCUT2D eigenvalue weighted by molar-refractivity contribution is -0.0805. The Morgan fingerprint density at radius 2 is 1.97 bits per heavy atom. The number of carbonyl (C=O) groups is 1. The van der Waals surface area contributed by atoms with Gasteiger partial charge < -0.3 is 19.6 Å². The fourth-order valence-corrected chi connectivity index (χ4v) is 4.74. The molecule has 0 bridgehead atoms. The van der Waals surface area contributed by atoms with Crippen molar-refractivity contribution in [1.82, 2.24) is 9.88 Å². The highest BCUT2D eigenvalue weighted by molar-refractivity contribution is 5.88. The second-order valence-corrected chi connectivity index (χ2v) is 8.46. The first-order valence-electron chi connectivity index (χ1n) is 11.1. The van der Waals surface area contributed by atoms with E-state index in [4.69, 9.17) is 9.47 Å². The third-order valence-corrected chi connectivity index (χ3v) is 6.39. The maximum atomic E-state index is 16.4. The predicted molar refractivity (Wildman–Crippen MR) is 121 cm³/mol. The van der Waals surface area contributed by atoms with Gasteiger partial charge in [0, 0.05) is 29.7 Å². The lowest BCUT2D eigenvalue weighted by Gasteiger charge is -2.41. The van der Waals surface area contributed by atoms with Crippen LogP contribution in [0.5, 0.6) is 5.75 Å².